The molecule has 1 rings (SSSR count). The third kappa shape index (κ3) is 5.68. The molecule has 0 aliphatic heterocycles. The molecular formula is C14H19BrN2O3S. The highest BCUT2D eigenvalue weighted by molar-refractivity contribution is 9.10. The molecule has 2 unspecified atom stereocenters. The molecule has 2 amide bonds. The molecule has 0 aromatic heterocycles. The molecule has 0 spiro atoms. The molecule has 116 valence electrons. The van der Waals surface area contributed by atoms with E-state index in [0.717, 1.165) is 0 Å². The third-order valence-corrected chi connectivity index (χ3v) is 4.81. The minimum Gasteiger partial charge on any atom is -0.395 e. The molecule has 0 saturated heterocycles. The molecule has 0 aliphatic rings. The summed E-state index contributed by atoms with van der Waals surface area (Å²) >= 11 is 4.77. The Kier molecular flexibility index (Phi) is 7.77. The topological polar surface area (TPSA) is 78.4 Å². The number of amides is 2. The maximum absolute atomic E-state index is 11.9. The van der Waals surface area contributed by atoms with Gasteiger partial charge in [0.1, 0.15) is 0 Å². The summed E-state index contributed by atoms with van der Waals surface area (Å²) in [4.78, 5) is 23.7. The average Bonchev–Trinajstić information content (AvgIpc) is 2.46. The van der Waals surface area contributed by atoms with Crippen LogP contribution in [0.15, 0.2) is 28.7 Å². The van der Waals surface area contributed by atoms with E-state index in [1.165, 1.54) is 11.8 Å². The number of hydrogen-bond acceptors (Lipinski definition) is 4. The predicted octanol–water partition coefficient (Wildman–Crippen LogP) is 1.41. The first-order chi connectivity index (χ1) is 9.99. The second kappa shape index (κ2) is 9.07. The van der Waals surface area contributed by atoms with Gasteiger partial charge in [-0.1, -0.05) is 12.1 Å². The van der Waals surface area contributed by atoms with Crippen molar-refractivity contribution in [1.82, 2.24) is 10.6 Å². The number of benzene rings is 1. The summed E-state index contributed by atoms with van der Waals surface area (Å²) in [6.07, 6.45) is 1.87. The van der Waals surface area contributed by atoms with Gasteiger partial charge in [-0.2, -0.15) is 11.8 Å². The van der Waals surface area contributed by atoms with Crippen molar-refractivity contribution in [2.75, 3.05) is 19.4 Å². The van der Waals surface area contributed by atoms with Crippen molar-refractivity contribution in [2.45, 2.75) is 18.2 Å². The van der Waals surface area contributed by atoms with Crippen LogP contribution in [-0.4, -0.2) is 47.6 Å². The molecule has 0 fully saturated rings. The summed E-state index contributed by atoms with van der Waals surface area (Å²) in [6.45, 7) is 1.72. The number of halogens is 1. The lowest BCUT2D eigenvalue weighted by Crippen LogP contribution is -2.45. The van der Waals surface area contributed by atoms with E-state index >= 15 is 0 Å². The minimum atomic E-state index is -0.311. The monoisotopic (exact) mass is 374 g/mol. The molecule has 0 heterocycles. The van der Waals surface area contributed by atoms with Crippen LogP contribution in [0.3, 0.4) is 0 Å². The molecule has 5 nitrogen and oxygen atoms in total. The summed E-state index contributed by atoms with van der Waals surface area (Å²) in [5.41, 5.74) is 0.482. The van der Waals surface area contributed by atoms with Crippen LogP contribution in [0.1, 0.15) is 17.3 Å². The number of carbonyl (C=O) groups is 2. The summed E-state index contributed by atoms with van der Waals surface area (Å²) in [5, 5.41) is 14.4. The standard InChI is InChI=1S/C14H19BrN2O3S/c1-9(12(8-18)21-2)17-13(19)7-16-14(20)10-5-3-4-6-11(10)15/h3-6,9,12,18H,7-8H2,1-2H3,(H,16,20)(H,17,19). The Labute approximate surface area is 137 Å². The molecular weight excluding hydrogens is 356 g/mol. The van der Waals surface area contributed by atoms with E-state index in [1.54, 1.807) is 18.2 Å². The normalized spacial score (nSPS) is 13.3. The number of carbonyl (C=O) groups excluding carboxylic acids is 2. The van der Waals surface area contributed by atoms with Gasteiger partial charge in [0.2, 0.25) is 5.91 Å². The molecule has 0 aliphatic carbocycles. The quantitative estimate of drug-likeness (QED) is 0.674. The Balaban J connectivity index is 2.46. The molecule has 3 N–H and O–H groups in total. The molecule has 21 heavy (non-hydrogen) atoms. The van der Waals surface area contributed by atoms with Crippen LogP contribution in [0.4, 0.5) is 0 Å². The van der Waals surface area contributed by atoms with Crippen molar-refractivity contribution in [2.24, 2.45) is 0 Å². The van der Waals surface area contributed by atoms with Gasteiger partial charge in [-0.25, -0.2) is 0 Å². The number of aliphatic hydroxyl groups excluding tert-OH is 1. The van der Waals surface area contributed by atoms with Crippen LogP contribution in [0.25, 0.3) is 0 Å². The molecule has 0 radical (unpaired) electrons. The van der Waals surface area contributed by atoms with Crippen molar-refractivity contribution in [3.8, 4) is 0 Å². The summed E-state index contributed by atoms with van der Waals surface area (Å²) in [6, 6.07) is 6.84. The van der Waals surface area contributed by atoms with E-state index in [9.17, 15) is 9.59 Å². The van der Waals surface area contributed by atoms with Gasteiger partial charge < -0.3 is 15.7 Å². The SMILES string of the molecule is CSC(CO)C(C)NC(=O)CNC(=O)c1ccccc1Br. The Bertz CT molecular complexity index is 495. The van der Waals surface area contributed by atoms with E-state index in [0.29, 0.717) is 10.0 Å². The Morgan fingerprint density at radius 3 is 2.62 bits per heavy atom. The van der Waals surface area contributed by atoms with Gasteiger partial charge in [-0.3, -0.25) is 9.59 Å². The fraction of sp³-hybridized carbons (Fsp3) is 0.429. The van der Waals surface area contributed by atoms with Gasteiger partial charge in [0.05, 0.1) is 18.7 Å². The number of rotatable bonds is 7. The van der Waals surface area contributed by atoms with Crippen LogP contribution in [0.5, 0.6) is 0 Å². The Morgan fingerprint density at radius 2 is 2.05 bits per heavy atom. The molecule has 1 aromatic carbocycles. The Morgan fingerprint density at radius 1 is 1.38 bits per heavy atom. The van der Waals surface area contributed by atoms with Crippen LogP contribution in [0, 0.1) is 0 Å². The van der Waals surface area contributed by atoms with Crippen molar-refractivity contribution in [3.05, 3.63) is 34.3 Å². The molecule has 0 bridgehead atoms. The summed E-state index contributed by atoms with van der Waals surface area (Å²) < 4.78 is 0.680. The minimum absolute atomic E-state index is 0.00800. The first kappa shape index (κ1) is 18.0. The number of thioether (sulfide) groups is 1. The zero-order chi connectivity index (χ0) is 15.8. The zero-order valence-electron chi connectivity index (χ0n) is 11.9. The van der Waals surface area contributed by atoms with Gasteiger partial charge in [-0.15, -0.1) is 0 Å². The highest BCUT2D eigenvalue weighted by Crippen LogP contribution is 2.15. The first-order valence-electron chi connectivity index (χ1n) is 6.45. The Hall–Kier alpha value is -1.05. The van der Waals surface area contributed by atoms with Crippen molar-refractivity contribution in [1.29, 1.82) is 0 Å². The average molecular weight is 375 g/mol. The van der Waals surface area contributed by atoms with E-state index in [-0.39, 0.29) is 36.3 Å². The van der Waals surface area contributed by atoms with Gasteiger partial charge in [-0.05, 0) is 41.2 Å². The maximum Gasteiger partial charge on any atom is 0.252 e. The van der Waals surface area contributed by atoms with E-state index in [2.05, 4.69) is 26.6 Å². The summed E-state index contributed by atoms with van der Waals surface area (Å²) in [7, 11) is 0. The van der Waals surface area contributed by atoms with Crippen molar-refractivity contribution in [3.63, 3.8) is 0 Å². The van der Waals surface area contributed by atoms with Crippen molar-refractivity contribution < 1.29 is 14.7 Å². The third-order valence-electron chi connectivity index (χ3n) is 2.96. The number of nitrogens with one attached hydrogen (secondary N) is 2. The van der Waals surface area contributed by atoms with Crippen LogP contribution >= 0.6 is 27.7 Å². The maximum atomic E-state index is 11.9. The second-order valence-electron chi connectivity index (χ2n) is 4.48. The number of hydrogen-bond donors (Lipinski definition) is 3. The molecule has 7 heteroatoms. The lowest BCUT2D eigenvalue weighted by Gasteiger charge is -2.21. The second-order valence-corrected chi connectivity index (χ2v) is 6.41. The highest BCUT2D eigenvalue weighted by atomic mass is 79.9. The number of aliphatic hydroxyl groups is 1. The van der Waals surface area contributed by atoms with Crippen LogP contribution in [-0.2, 0) is 4.79 Å². The predicted molar refractivity (Wildman–Crippen MR) is 88.5 cm³/mol. The molecule has 2 atom stereocenters. The van der Waals surface area contributed by atoms with E-state index in [1.807, 2.05) is 19.2 Å². The van der Waals surface area contributed by atoms with E-state index in [4.69, 9.17) is 5.11 Å². The largest absolute Gasteiger partial charge is 0.395 e. The molecule has 1 aromatic rings. The summed E-state index contributed by atoms with van der Waals surface area (Å²) in [5.74, 6) is -0.593. The lowest BCUT2D eigenvalue weighted by atomic mass is 10.2. The van der Waals surface area contributed by atoms with Gasteiger partial charge in [0, 0.05) is 15.8 Å². The highest BCUT2D eigenvalue weighted by Gasteiger charge is 2.18. The van der Waals surface area contributed by atoms with E-state index < -0.39 is 0 Å². The lowest BCUT2D eigenvalue weighted by molar-refractivity contribution is -0.120. The first-order valence-corrected chi connectivity index (χ1v) is 8.53. The molecule has 0 saturated carbocycles. The fourth-order valence-corrected chi connectivity index (χ4v) is 2.83. The smallest absolute Gasteiger partial charge is 0.252 e. The van der Waals surface area contributed by atoms with Gasteiger partial charge >= 0.3 is 0 Å². The van der Waals surface area contributed by atoms with Gasteiger partial charge in [0.25, 0.3) is 5.91 Å². The van der Waals surface area contributed by atoms with Crippen LogP contribution < -0.4 is 10.6 Å². The van der Waals surface area contributed by atoms with Gasteiger partial charge in [0.15, 0.2) is 0 Å². The van der Waals surface area contributed by atoms with Crippen LogP contribution in [0.2, 0.25) is 0 Å². The fourth-order valence-electron chi connectivity index (χ4n) is 1.74. The van der Waals surface area contributed by atoms with Crippen molar-refractivity contribution >= 4 is 39.5 Å². The zero-order valence-corrected chi connectivity index (χ0v) is 14.3.